The second kappa shape index (κ2) is 3.86. The van der Waals surface area contributed by atoms with Gasteiger partial charge in [-0.1, -0.05) is 20.8 Å². The number of hydrogen-bond acceptors (Lipinski definition) is 2. The van der Waals surface area contributed by atoms with E-state index in [1.54, 1.807) is 0 Å². The first-order chi connectivity index (χ1) is 5.52. The lowest BCUT2D eigenvalue weighted by molar-refractivity contribution is 0.236. The summed E-state index contributed by atoms with van der Waals surface area (Å²) in [5, 5.41) is 3.84. The van der Waals surface area contributed by atoms with Crippen molar-refractivity contribution in [2.24, 2.45) is 0 Å². The fraction of sp³-hybridized carbons (Fsp3) is 1.00. The summed E-state index contributed by atoms with van der Waals surface area (Å²) in [4.78, 5) is -0.113. The Kier molecular flexibility index (Phi) is 3.97. The van der Waals surface area contributed by atoms with E-state index in [-0.39, 0.29) is 15.7 Å². The third-order valence-corrected chi connectivity index (χ3v) is 3.06. The maximum absolute atomic E-state index is 4.52. The van der Waals surface area contributed by atoms with Crippen LogP contribution >= 0.6 is 12.6 Å². The number of hydrogen-bond donors (Lipinski definition) is 2. The third kappa shape index (κ3) is 3.95. The van der Waals surface area contributed by atoms with Gasteiger partial charge in [-0.15, -0.1) is 0 Å². The molecule has 0 radical (unpaired) electrons. The second-order valence-electron chi connectivity index (χ2n) is 5.62. The maximum atomic E-state index is 4.52. The molecule has 0 aliphatic heterocycles. The Bertz CT molecular complexity index is 169. The van der Waals surface area contributed by atoms with Crippen molar-refractivity contribution < 1.29 is 0 Å². The van der Waals surface area contributed by atoms with E-state index in [9.17, 15) is 0 Å². The van der Waals surface area contributed by atoms with E-state index in [1.165, 1.54) is 0 Å². The van der Waals surface area contributed by atoms with Gasteiger partial charge in [-0.25, -0.2) is 0 Å². The highest BCUT2D eigenvalue weighted by atomic mass is 32.1. The average Bonchev–Trinajstić information content (AvgIpc) is 1.81. The predicted molar refractivity (Wildman–Crippen MR) is 67.5 cm³/mol. The van der Waals surface area contributed by atoms with Crippen LogP contribution in [-0.2, 0) is 0 Å². The molecular formula is C10H24BNS. The van der Waals surface area contributed by atoms with E-state index >= 15 is 0 Å². The van der Waals surface area contributed by atoms with Crippen LogP contribution in [0.25, 0.3) is 0 Å². The molecule has 0 aromatic carbocycles. The molecule has 0 saturated heterocycles. The summed E-state index contributed by atoms with van der Waals surface area (Å²) in [6.45, 7) is 13.2. The molecule has 0 heterocycles. The molecule has 1 atom stereocenters. The summed E-state index contributed by atoms with van der Waals surface area (Å²) >= 11 is 4.52. The summed E-state index contributed by atoms with van der Waals surface area (Å²) in [7, 11) is 2.27. The highest BCUT2D eigenvalue weighted by Crippen LogP contribution is 2.38. The summed E-state index contributed by atoms with van der Waals surface area (Å²) in [6, 6.07) is 0. The largest absolute Gasteiger partial charge is 0.298 e. The minimum absolute atomic E-state index is 0.113. The zero-order valence-corrected chi connectivity index (χ0v) is 11.0. The van der Waals surface area contributed by atoms with Gasteiger partial charge in [0.2, 0.25) is 0 Å². The van der Waals surface area contributed by atoms with Crippen molar-refractivity contribution in [1.82, 2.24) is 5.32 Å². The molecule has 0 saturated carbocycles. The molecule has 0 amide bonds. The molecular weight excluding hydrogens is 177 g/mol. The average molecular weight is 201 g/mol. The number of thiol groups is 1. The minimum Gasteiger partial charge on any atom is -0.298 e. The Morgan fingerprint density at radius 2 is 1.54 bits per heavy atom. The van der Waals surface area contributed by atoms with Crippen molar-refractivity contribution in [2.75, 3.05) is 0 Å². The lowest BCUT2D eigenvalue weighted by Crippen LogP contribution is -2.56. The van der Waals surface area contributed by atoms with E-state index < -0.39 is 0 Å². The summed E-state index contributed by atoms with van der Waals surface area (Å²) < 4.78 is 0. The summed E-state index contributed by atoms with van der Waals surface area (Å²) in [5.41, 5.74) is 0.137. The molecule has 0 aliphatic rings. The molecule has 1 N–H and O–H groups in total. The molecule has 1 unspecified atom stereocenters. The van der Waals surface area contributed by atoms with Crippen molar-refractivity contribution in [2.45, 2.75) is 63.7 Å². The predicted octanol–water partition coefficient (Wildman–Crippen LogP) is 2.24. The van der Waals surface area contributed by atoms with E-state index in [0.29, 0.717) is 0 Å². The molecule has 1 nitrogen and oxygen atoms in total. The van der Waals surface area contributed by atoms with Gasteiger partial charge < -0.3 is 0 Å². The van der Waals surface area contributed by atoms with Crippen LogP contribution in [-0.4, -0.2) is 18.3 Å². The first kappa shape index (κ1) is 13.4. The molecule has 78 valence electrons. The van der Waals surface area contributed by atoms with Crippen molar-refractivity contribution in [1.29, 1.82) is 0 Å². The minimum atomic E-state index is -0.113. The van der Waals surface area contributed by atoms with Crippen molar-refractivity contribution >= 4 is 20.5 Å². The Morgan fingerprint density at radius 1 is 1.15 bits per heavy atom. The van der Waals surface area contributed by atoms with Gasteiger partial charge in [-0.05, 0) is 32.5 Å². The second-order valence-corrected chi connectivity index (χ2v) is 6.74. The van der Waals surface area contributed by atoms with Crippen LogP contribution in [0.4, 0.5) is 0 Å². The monoisotopic (exact) mass is 201 g/mol. The van der Waals surface area contributed by atoms with Crippen LogP contribution in [0.2, 0.25) is 5.31 Å². The molecule has 0 aromatic rings. The number of rotatable bonds is 4. The highest BCUT2D eigenvalue weighted by molar-refractivity contribution is 7.81. The summed E-state index contributed by atoms with van der Waals surface area (Å²) in [5.74, 6) is 0. The van der Waals surface area contributed by atoms with E-state index in [0.717, 1.165) is 6.42 Å². The molecule has 0 spiro atoms. The maximum Gasteiger partial charge on any atom is 0.111 e. The van der Waals surface area contributed by atoms with Crippen LogP contribution in [0.15, 0.2) is 0 Å². The quantitative estimate of drug-likeness (QED) is 0.404. The topological polar surface area (TPSA) is 12.0 Å². The molecule has 13 heavy (non-hydrogen) atoms. The Hall–Kier alpha value is 0.375. The van der Waals surface area contributed by atoms with Gasteiger partial charge >= 0.3 is 0 Å². The van der Waals surface area contributed by atoms with Gasteiger partial charge in [-0.2, -0.15) is 12.6 Å². The molecule has 3 heteroatoms. The smallest absolute Gasteiger partial charge is 0.111 e. The summed E-state index contributed by atoms with van der Waals surface area (Å²) in [6.07, 6.45) is 1.11. The van der Waals surface area contributed by atoms with Gasteiger partial charge in [0.15, 0.2) is 0 Å². The van der Waals surface area contributed by atoms with Crippen molar-refractivity contribution in [3.05, 3.63) is 0 Å². The van der Waals surface area contributed by atoms with Crippen molar-refractivity contribution in [3.63, 3.8) is 0 Å². The van der Waals surface area contributed by atoms with Crippen LogP contribution in [0.5, 0.6) is 0 Å². The number of nitrogens with one attached hydrogen (secondary N) is 1. The first-order valence-electron chi connectivity index (χ1n) is 5.03. The highest BCUT2D eigenvalue weighted by Gasteiger charge is 2.38. The van der Waals surface area contributed by atoms with Gasteiger partial charge in [0.1, 0.15) is 7.85 Å². The van der Waals surface area contributed by atoms with Crippen LogP contribution in [0.1, 0.15) is 48.0 Å². The van der Waals surface area contributed by atoms with Crippen LogP contribution < -0.4 is 5.32 Å². The van der Waals surface area contributed by atoms with Gasteiger partial charge in [0, 0.05) is 5.54 Å². The van der Waals surface area contributed by atoms with Crippen LogP contribution in [0, 0.1) is 0 Å². The van der Waals surface area contributed by atoms with Gasteiger partial charge in [-0.3, -0.25) is 5.32 Å². The van der Waals surface area contributed by atoms with Crippen molar-refractivity contribution in [3.8, 4) is 0 Å². The van der Waals surface area contributed by atoms with E-state index in [1.807, 2.05) is 0 Å². The normalized spacial score (nSPS) is 18.4. The zero-order chi connectivity index (χ0) is 10.9. The van der Waals surface area contributed by atoms with Crippen LogP contribution in [0.3, 0.4) is 0 Å². The van der Waals surface area contributed by atoms with E-state index in [4.69, 9.17) is 0 Å². The Balaban J connectivity index is 4.67. The molecule has 0 aliphatic carbocycles. The standard InChI is InChI=1S/C10H24BNS/c1-7-10(6,8(2,3)11)12-9(4,5)13/h12-13H,7,11H2,1-6H3. The Labute approximate surface area is 89.9 Å². The molecule has 0 bridgehead atoms. The fourth-order valence-electron chi connectivity index (χ4n) is 1.48. The lowest BCUT2D eigenvalue weighted by atomic mass is 9.58. The lowest BCUT2D eigenvalue weighted by Gasteiger charge is -2.46. The van der Waals surface area contributed by atoms with Gasteiger partial charge in [0.05, 0.1) is 4.87 Å². The molecule has 0 rings (SSSR count). The molecule has 0 aromatic heterocycles. The Morgan fingerprint density at radius 3 is 1.62 bits per heavy atom. The third-order valence-electron chi connectivity index (χ3n) is 2.94. The van der Waals surface area contributed by atoms with E-state index in [2.05, 4.69) is 67.3 Å². The zero-order valence-electron chi connectivity index (χ0n) is 10.2. The SMILES string of the molecule is BC(C)(C)C(C)(CC)NC(C)(C)S. The molecule has 0 fully saturated rings. The fourth-order valence-corrected chi connectivity index (χ4v) is 1.73. The van der Waals surface area contributed by atoms with Gasteiger partial charge in [0.25, 0.3) is 0 Å². The first-order valence-corrected chi connectivity index (χ1v) is 5.48.